The van der Waals surface area contributed by atoms with Gasteiger partial charge >= 0.3 is 0 Å². The van der Waals surface area contributed by atoms with Gasteiger partial charge in [-0.2, -0.15) is 11.3 Å². The topological polar surface area (TPSA) is 20.3 Å². The Hall–Kier alpha value is -2.23. The maximum atomic E-state index is 13.9. The molecule has 0 bridgehead atoms. The molecule has 3 rings (SSSR count). The lowest BCUT2D eigenvalue weighted by atomic mass is 9.66. The van der Waals surface area contributed by atoms with E-state index in [0.717, 1.165) is 23.1 Å². The predicted octanol–water partition coefficient (Wildman–Crippen LogP) is 5.26. The third-order valence-electron chi connectivity index (χ3n) is 5.19. The average molecular weight is 364 g/mol. The van der Waals surface area contributed by atoms with Crippen LogP contribution in [0.2, 0.25) is 0 Å². The molecule has 134 valence electrons. The minimum absolute atomic E-state index is 0.171. The zero-order chi connectivity index (χ0) is 18.6. The Bertz CT molecular complexity index is 786. The van der Waals surface area contributed by atoms with E-state index in [1.807, 2.05) is 53.2 Å². The molecule has 0 saturated carbocycles. The molecule has 1 aromatic heterocycles. The molecule has 2 nitrogen and oxygen atoms in total. The molecule has 0 aliphatic heterocycles. The summed E-state index contributed by atoms with van der Waals surface area (Å²) in [6.07, 6.45) is 0.725. The first-order valence-corrected chi connectivity index (χ1v) is 9.84. The van der Waals surface area contributed by atoms with E-state index in [-0.39, 0.29) is 11.8 Å². The van der Waals surface area contributed by atoms with Crippen molar-refractivity contribution in [3.05, 3.63) is 94.2 Å². The van der Waals surface area contributed by atoms with E-state index in [9.17, 15) is 4.79 Å². The van der Waals surface area contributed by atoms with Crippen molar-refractivity contribution < 1.29 is 4.79 Å². The molecule has 0 radical (unpaired) electrons. The largest absolute Gasteiger partial charge is 0.307 e. The first-order chi connectivity index (χ1) is 12.6. The van der Waals surface area contributed by atoms with Gasteiger partial charge in [-0.25, -0.2) is 0 Å². The normalized spacial score (nSPS) is 12.9. The number of nitrogens with zero attached hydrogens (tertiary/aromatic N) is 1. The third-order valence-corrected chi connectivity index (χ3v) is 5.87. The van der Waals surface area contributed by atoms with Crippen LogP contribution in [0, 0.1) is 0 Å². The van der Waals surface area contributed by atoms with Gasteiger partial charge in [0.15, 0.2) is 5.78 Å². The molecular weight excluding hydrogens is 338 g/mol. The second-order valence-electron chi connectivity index (χ2n) is 7.00. The molecule has 3 aromatic rings. The highest BCUT2D eigenvalue weighted by molar-refractivity contribution is 7.08. The van der Waals surface area contributed by atoms with Crippen molar-refractivity contribution in [2.75, 3.05) is 14.1 Å². The maximum absolute atomic E-state index is 13.9. The summed E-state index contributed by atoms with van der Waals surface area (Å²) < 4.78 is 0. The van der Waals surface area contributed by atoms with E-state index in [1.54, 1.807) is 11.3 Å². The fourth-order valence-electron chi connectivity index (χ4n) is 3.47. The zero-order valence-electron chi connectivity index (χ0n) is 15.6. The van der Waals surface area contributed by atoms with Gasteiger partial charge in [0.2, 0.25) is 0 Å². The molecule has 0 spiro atoms. The van der Waals surface area contributed by atoms with Gasteiger partial charge in [0, 0.05) is 17.0 Å². The van der Waals surface area contributed by atoms with Gasteiger partial charge < -0.3 is 4.90 Å². The Balaban J connectivity index is 2.25. The van der Waals surface area contributed by atoms with Gasteiger partial charge in [-0.3, -0.25) is 4.79 Å². The van der Waals surface area contributed by atoms with Crippen molar-refractivity contribution in [3.63, 3.8) is 0 Å². The van der Waals surface area contributed by atoms with Crippen LogP contribution in [0.3, 0.4) is 0 Å². The Morgan fingerprint density at radius 3 is 1.92 bits per heavy atom. The van der Waals surface area contributed by atoms with Crippen LogP contribution in [0.25, 0.3) is 0 Å². The molecule has 0 fully saturated rings. The summed E-state index contributed by atoms with van der Waals surface area (Å²) in [5.41, 5.74) is 2.19. The number of carbonyl (C=O) groups excluding carboxylic acids is 1. The lowest BCUT2D eigenvalue weighted by molar-refractivity contribution is 0.0883. The van der Waals surface area contributed by atoms with Crippen LogP contribution in [0.5, 0.6) is 0 Å². The number of carbonyl (C=O) groups is 1. The number of hydrogen-bond donors (Lipinski definition) is 0. The first kappa shape index (κ1) is 18.6. The van der Waals surface area contributed by atoms with Gasteiger partial charge in [-0.15, -0.1) is 0 Å². The molecule has 1 heterocycles. The summed E-state index contributed by atoms with van der Waals surface area (Å²) >= 11 is 1.57. The Morgan fingerprint density at radius 1 is 0.962 bits per heavy atom. The highest BCUT2D eigenvalue weighted by atomic mass is 32.1. The quantitative estimate of drug-likeness (QED) is 0.534. The zero-order valence-corrected chi connectivity index (χ0v) is 16.4. The number of Topliss-reactive ketones (excluding diaryl/α,β-unsaturated/α-hetero) is 1. The average Bonchev–Trinajstić information content (AvgIpc) is 3.21. The molecule has 26 heavy (non-hydrogen) atoms. The highest BCUT2D eigenvalue weighted by Crippen LogP contribution is 2.40. The summed E-state index contributed by atoms with van der Waals surface area (Å²) in [4.78, 5) is 16.1. The third kappa shape index (κ3) is 3.50. The molecule has 1 atom stereocenters. The van der Waals surface area contributed by atoms with Crippen LogP contribution in [0.15, 0.2) is 77.5 Å². The van der Waals surface area contributed by atoms with Crippen LogP contribution in [-0.4, -0.2) is 30.8 Å². The fourth-order valence-corrected chi connectivity index (χ4v) is 4.10. The van der Waals surface area contributed by atoms with E-state index in [2.05, 4.69) is 50.2 Å². The van der Waals surface area contributed by atoms with Crippen LogP contribution in [0.4, 0.5) is 0 Å². The summed E-state index contributed by atoms with van der Waals surface area (Å²) in [5.74, 6) is 0.171. The number of benzene rings is 2. The van der Waals surface area contributed by atoms with Crippen molar-refractivity contribution in [1.29, 1.82) is 0 Å². The number of ketones is 1. The van der Waals surface area contributed by atoms with Crippen LogP contribution >= 0.6 is 11.3 Å². The van der Waals surface area contributed by atoms with E-state index < -0.39 is 5.41 Å². The molecule has 0 aliphatic carbocycles. The van der Waals surface area contributed by atoms with Crippen molar-refractivity contribution in [2.24, 2.45) is 0 Å². The maximum Gasteiger partial charge on any atom is 0.178 e. The second-order valence-corrected chi connectivity index (χ2v) is 7.78. The number of rotatable bonds is 7. The monoisotopic (exact) mass is 363 g/mol. The van der Waals surface area contributed by atoms with Gasteiger partial charge in [-0.05, 0) is 50.0 Å². The predicted molar refractivity (Wildman–Crippen MR) is 110 cm³/mol. The van der Waals surface area contributed by atoms with E-state index in [1.165, 1.54) is 0 Å². The summed E-state index contributed by atoms with van der Waals surface area (Å²) in [5, 5.41) is 3.94. The van der Waals surface area contributed by atoms with E-state index in [0.29, 0.717) is 0 Å². The minimum atomic E-state index is -0.701. The van der Waals surface area contributed by atoms with Crippen molar-refractivity contribution >= 4 is 17.1 Å². The van der Waals surface area contributed by atoms with E-state index in [4.69, 9.17) is 0 Å². The Morgan fingerprint density at radius 2 is 1.50 bits per heavy atom. The molecule has 0 aliphatic rings. The van der Waals surface area contributed by atoms with Crippen LogP contribution in [0.1, 0.15) is 34.8 Å². The summed E-state index contributed by atoms with van der Waals surface area (Å²) in [6.45, 7) is 2.18. The molecule has 3 heteroatoms. The molecule has 0 amide bonds. The van der Waals surface area contributed by atoms with Gasteiger partial charge in [-0.1, -0.05) is 60.7 Å². The lowest BCUT2D eigenvalue weighted by Gasteiger charge is -2.37. The van der Waals surface area contributed by atoms with Gasteiger partial charge in [0.1, 0.15) is 0 Å². The lowest BCUT2D eigenvalue weighted by Crippen LogP contribution is -2.43. The molecule has 0 unspecified atom stereocenters. The second kappa shape index (κ2) is 7.98. The SMILES string of the molecule is C[C@@H](CC(C(=O)c1ccsc1)(c1ccccc1)c1ccccc1)N(C)C. The van der Waals surface area contributed by atoms with Gasteiger partial charge in [0.25, 0.3) is 0 Å². The number of hydrogen-bond acceptors (Lipinski definition) is 3. The van der Waals surface area contributed by atoms with E-state index >= 15 is 0 Å². The van der Waals surface area contributed by atoms with Gasteiger partial charge in [0.05, 0.1) is 5.41 Å². The summed E-state index contributed by atoms with van der Waals surface area (Å²) in [7, 11) is 4.14. The first-order valence-electron chi connectivity index (χ1n) is 8.90. The van der Waals surface area contributed by atoms with Crippen molar-refractivity contribution in [1.82, 2.24) is 4.90 Å². The van der Waals surface area contributed by atoms with Crippen molar-refractivity contribution in [3.8, 4) is 0 Å². The van der Waals surface area contributed by atoms with Crippen LogP contribution < -0.4 is 0 Å². The molecule has 2 aromatic carbocycles. The Kier molecular flexibility index (Phi) is 5.70. The highest BCUT2D eigenvalue weighted by Gasteiger charge is 2.43. The minimum Gasteiger partial charge on any atom is -0.307 e. The molecule has 0 N–H and O–H groups in total. The fraction of sp³-hybridized carbons (Fsp3) is 0.261. The standard InChI is InChI=1S/C23H25NOS/c1-18(24(2)3)16-23(20-10-6-4-7-11-20,21-12-8-5-9-13-21)22(25)19-14-15-26-17-19/h4-15,17-18H,16H2,1-3H3/t18-/m0/s1. The van der Waals surface area contributed by atoms with Crippen molar-refractivity contribution in [2.45, 2.75) is 24.8 Å². The smallest absolute Gasteiger partial charge is 0.178 e. The number of thiophene rings is 1. The Labute approximate surface area is 160 Å². The molecular formula is C23H25NOS. The molecule has 0 saturated heterocycles. The summed E-state index contributed by atoms with van der Waals surface area (Å²) in [6, 6.07) is 22.6. The van der Waals surface area contributed by atoms with Crippen LogP contribution in [-0.2, 0) is 5.41 Å².